The van der Waals surface area contributed by atoms with Crippen molar-refractivity contribution in [3.05, 3.63) is 53.2 Å². The van der Waals surface area contributed by atoms with Crippen LogP contribution in [0.1, 0.15) is 30.5 Å². The van der Waals surface area contributed by atoms with E-state index in [9.17, 15) is 0 Å². The van der Waals surface area contributed by atoms with Crippen molar-refractivity contribution >= 4 is 0 Å². The number of nitrogens with one attached hydrogen (secondary N) is 1. The van der Waals surface area contributed by atoms with E-state index in [1.54, 1.807) is 0 Å². The molecule has 106 valence electrons. The smallest absolute Gasteiger partial charge is 0.219 e. The van der Waals surface area contributed by atoms with E-state index in [0.717, 1.165) is 23.4 Å². The number of hydrogen-bond acceptors (Lipinski definition) is 3. The molecule has 0 saturated carbocycles. The molecular weight excluding hydrogens is 248 g/mol. The van der Waals surface area contributed by atoms with Gasteiger partial charge in [-0.2, -0.15) is 0 Å². The number of pyridine rings is 1. The molecule has 1 heterocycles. The van der Waals surface area contributed by atoms with Gasteiger partial charge in [0.05, 0.1) is 0 Å². The molecule has 0 aliphatic rings. The Bertz CT molecular complexity index is 562. The fourth-order valence-electron chi connectivity index (χ4n) is 1.85. The lowest BCUT2D eigenvalue weighted by molar-refractivity contribution is 0.458. The molecule has 0 saturated heterocycles. The predicted octanol–water partition coefficient (Wildman–Crippen LogP) is 3.99. The molecule has 2 rings (SSSR count). The minimum absolute atomic E-state index is 0.473. The van der Waals surface area contributed by atoms with Gasteiger partial charge in [0.25, 0.3) is 0 Å². The van der Waals surface area contributed by atoms with E-state index in [-0.39, 0.29) is 0 Å². The largest absolute Gasteiger partial charge is 0.439 e. The van der Waals surface area contributed by atoms with Crippen LogP contribution >= 0.6 is 0 Å². The van der Waals surface area contributed by atoms with Gasteiger partial charge in [0.1, 0.15) is 5.75 Å². The Morgan fingerprint density at radius 2 is 1.95 bits per heavy atom. The summed E-state index contributed by atoms with van der Waals surface area (Å²) in [5, 5.41) is 3.37. The Kier molecular flexibility index (Phi) is 4.74. The maximum atomic E-state index is 5.84. The van der Waals surface area contributed by atoms with E-state index in [0.29, 0.717) is 11.9 Å². The number of aromatic nitrogens is 1. The second-order valence-electron chi connectivity index (χ2n) is 5.34. The summed E-state index contributed by atoms with van der Waals surface area (Å²) in [6.07, 6.45) is 1.86. The van der Waals surface area contributed by atoms with Crippen molar-refractivity contribution in [1.82, 2.24) is 10.3 Å². The van der Waals surface area contributed by atoms with Gasteiger partial charge in [-0.25, -0.2) is 4.98 Å². The van der Waals surface area contributed by atoms with Crippen LogP contribution in [0.4, 0.5) is 0 Å². The zero-order valence-electron chi connectivity index (χ0n) is 12.6. The number of benzene rings is 1. The molecule has 20 heavy (non-hydrogen) atoms. The molecule has 0 radical (unpaired) electrons. The third-order valence-corrected chi connectivity index (χ3v) is 3.28. The first kappa shape index (κ1) is 14.5. The lowest BCUT2D eigenvalue weighted by atomic mass is 10.1. The van der Waals surface area contributed by atoms with E-state index in [1.165, 1.54) is 5.56 Å². The van der Waals surface area contributed by atoms with Crippen molar-refractivity contribution in [3.63, 3.8) is 0 Å². The Morgan fingerprint density at radius 1 is 1.15 bits per heavy atom. The molecule has 2 aromatic rings. The highest BCUT2D eigenvalue weighted by molar-refractivity contribution is 5.40. The van der Waals surface area contributed by atoms with E-state index in [1.807, 2.05) is 30.5 Å². The molecule has 0 aliphatic carbocycles. The van der Waals surface area contributed by atoms with Crippen molar-refractivity contribution in [2.45, 2.75) is 40.3 Å². The average molecular weight is 270 g/mol. The van der Waals surface area contributed by atoms with E-state index < -0.39 is 0 Å². The second-order valence-corrected chi connectivity index (χ2v) is 5.34. The molecule has 0 aliphatic heterocycles. The van der Waals surface area contributed by atoms with Crippen LogP contribution in [0.15, 0.2) is 36.5 Å². The van der Waals surface area contributed by atoms with Crippen LogP contribution in [0.3, 0.4) is 0 Å². The number of aryl methyl sites for hydroxylation is 1. The summed E-state index contributed by atoms with van der Waals surface area (Å²) in [6, 6.07) is 10.5. The highest BCUT2D eigenvalue weighted by atomic mass is 16.5. The maximum absolute atomic E-state index is 5.84. The zero-order chi connectivity index (χ0) is 14.5. The first-order chi connectivity index (χ1) is 9.56. The van der Waals surface area contributed by atoms with Crippen molar-refractivity contribution in [2.24, 2.45) is 0 Å². The van der Waals surface area contributed by atoms with Gasteiger partial charge in [0.15, 0.2) is 0 Å². The van der Waals surface area contributed by atoms with Gasteiger partial charge in [-0.1, -0.05) is 32.0 Å². The maximum Gasteiger partial charge on any atom is 0.219 e. The van der Waals surface area contributed by atoms with Gasteiger partial charge >= 0.3 is 0 Å². The lowest BCUT2D eigenvalue weighted by Gasteiger charge is -2.11. The topological polar surface area (TPSA) is 34.1 Å². The Hall–Kier alpha value is -1.87. The van der Waals surface area contributed by atoms with Crippen molar-refractivity contribution < 1.29 is 4.74 Å². The summed E-state index contributed by atoms with van der Waals surface area (Å²) in [4.78, 5) is 4.36. The molecule has 0 spiro atoms. The summed E-state index contributed by atoms with van der Waals surface area (Å²) < 4.78 is 5.84. The van der Waals surface area contributed by atoms with Gasteiger partial charge in [0, 0.05) is 24.8 Å². The number of ether oxygens (including phenoxy) is 1. The average Bonchev–Trinajstić information content (AvgIpc) is 2.43. The number of rotatable bonds is 5. The summed E-state index contributed by atoms with van der Waals surface area (Å²) in [5.41, 5.74) is 3.53. The van der Waals surface area contributed by atoms with Crippen LogP contribution in [0.2, 0.25) is 0 Å². The highest BCUT2D eigenvalue weighted by Gasteiger charge is 2.04. The molecule has 0 atom stereocenters. The van der Waals surface area contributed by atoms with Crippen LogP contribution in [0, 0.1) is 13.8 Å². The first-order valence-electron chi connectivity index (χ1n) is 6.98. The monoisotopic (exact) mass is 270 g/mol. The Balaban J connectivity index is 2.05. The van der Waals surface area contributed by atoms with E-state index in [4.69, 9.17) is 4.74 Å². The molecule has 1 N–H and O–H groups in total. The SMILES string of the molecule is Cc1cccc(Oc2ccc(CNC(C)C)cn2)c1C. The van der Waals surface area contributed by atoms with Gasteiger partial charge in [-0.05, 0) is 36.6 Å². The summed E-state index contributed by atoms with van der Waals surface area (Å²) in [6.45, 7) is 9.23. The highest BCUT2D eigenvalue weighted by Crippen LogP contribution is 2.25. The van der Waals surface area contributed by atoms with Crippen molar-refractivity contribution in [2.75, 3.05) is 0 Å². The molecular formula is C17H22N2O. The normalized spacial score (nSPS) is 10.8. The van der Waals surface area contributed by atoms with Crippen LogP contribution in [0.25, 0.3) is 0 Å². The van der Waals surface area contributed by atoms with Crippen LogP contribution in [0.5, 0.6) is 11.6 Å². The fourth-order valence-corrected chi connectivity index (χ4v) is 1.85. The Labute approximate surface area is 121 Å². The summed E-state index contributed by atoms with van der Waals surface area (Å²) in [5.74, 6) is 1.50. The second kappa shape index (κ2) is 6.53. The lowest BCUT2D eigenvalue weighted by Crippen LogP contribution is -2.21. The summed E-state index contributed by atoms with van der Waals surface area (Å²) in [7, 11) is 0. The number of hydrogen-bond donors (Lipinski definition) is 1. The van der Waals surface area contributed by atoms with Crippen molar-refractivity contribution in [1.29, 1.82) is 0 Å². The minimum atomic E-state index is 0.473. The van der Waals surface area contributed by atoms with Gasteiger partial charge in [0.2, 0.25) is 5.88 Å². The quantitative estimate of drug-likeness (QED) is 0.892. The molecule has 0 bridgehead atoms. The molecule has 0 amide bonds. The summed E-state index contributed by atoms with van der Waals surface area (Å²) >= 11 is 0. The third kappa shape index (κ3) is 3.81. The van der Waals surface area contributed by atoms with E-state index in [2.05, 4.69) is 44.1 Å². The molecule has 1 aromatic heterocycles. The predicted molar refractivity (Wildman–Crippen MR) is 82.2 cm³/mol. The van der Waals surface area contributed by atoms with Crippen LogP contribution in [-0.4, -0.2) is 11.0 Å². The van der Waals surface area contributed by atoms with Crippen LogP contribution in [-0.2, 0) is 6.54 Å². The molecule has 0 fully saturated rings. The Morgan fingerprint density at radius 3 is 2.60 bits per heavy atom. The van der Waals surface area contributed by atoms with Gasteiger partial charge in [-0.15, -0.1) is 0 Å². The van der Waals surface area contributed by atoms with Crippen molar-refractivity contribution in [3.8, 4) is 11.6 Å². The van der Waals surface area contributed by atoms with Gasteiger partial charge < -0.3 is 10.1 Å². The number of nitrogens with zero attached hydrogens (tertiary/aromatic N) is 1. The van der Waals surface area contributed by atoms with Crippen LogP contribution < -0.4 is 10.1 Å². The zero-order valence-corrected chi connectivity index (χ0v) is 12.6. The first-order valence-corrected chi connectivity index (χ1v) is 6.98. The third-order valence-electron chi connectivity index (χ3n) is 3.28. The molecule has 1 aromatic carbocycles. The minimum Gasteiger partial charge on any atom is -0.439 e. The molecule has 3 heteroatoms. The molecule has 3 nitrogen and oxygen atoms in total. The standard InChI is InChI=1S/C17H22N2O/c1-12(2)18-10-15-8-9-17(19-11-15)20-16-7-5-6-13(3)14(16)4/h5-9,11-12,18H,10H2,1-4H3. The van der Waals surface area contributed by atoms with E-state index >= 15 is 0 Å². The molecule has 0 unspecified atom stereocenters. The fraction of sp³-hybridized carbons (Fsp3) is 0.353. The van der Waals surface area contributed by atoms with Gasteiger partial charge in [-0.3, -0.25) is 0 Å².